The van der Waals surface area contributed by atoms with Gasteiger partial charge < -0.3 is 0 Å². The van der Waals surface area contributed by atoms with Gasteiger partial charge in [0.05, 0.1) is 11.9 Å². The Hall–Kier alpha value is -1.94. The molecule has 0 amide bonds. The van der Waals surface area contributed by atoms with Gasteiger partial charge in [0.2, 0.25) is 0 Å². The van der Waals surface area contributed by atoms with Crippen molar-refractivity contribution in [3.63, 3.8) is 0 Å². The Labute approximate surface area is 113 Å². The molecule has 0 saturated heterocycles. The maximum Gasteiger partial charge on any atom is 0.114 e. The third kappa shape index (κ3) is 2.07. The summed E-state index contributed by atoms with van der Waals surface area (Å²) in [6.07, 6.45) is 1.77. The van der Waals surface area contributed by atoms with Crippen molar-refractivity contribution < 1.29 is 0 Å². The molecule has 1 aromatic heterocycles. The molecule has 88 valence electrons. The summed E-state index contributed by atoms with van der Waals surface area (Å²) in [5.74, 6) is 0. The molecule has 0 unspecified atom stereocenters. The Morgan fingerprint density at radius 3 is 2.39 bits per heavy atom. The molecule has 0 saturated carbocycles. The summed E-state index contributed by atoms with van der Waals surface area (Å²) in [7, 11) is 0. The van der Waals surface area contributed by atoms with E-state index in [0.717, 1.165) is 21.4 Å². The van der Waals surface area contributed by atoms with Crippen LogP contribution in [0, 0.1) is 0 Å². The molecule has 3 rings (SSSR count). The van der Waals surface area contributed by atoms with Crippen molar-refractivity contribution in [3.05, 3.63) is 65.3 Å². The highest BCUT2D eigenvalue weighted by Crippen LogP contribution is 2.25. The minimum Gasteiger partial charge on any atom is -0.156 e. The highest BCUT2D eigenvalue weighted by atomic mass is 79.9. The van der Waals surface area contributed by atoms with Crippen LogP contribution in [0.3, 0.4) is 0 Å². The predicted molar refractivity (Wildman–Crippen MR) is 74.5 cm³/mol. The van der Waals surface area contributed by atoms with Crippen LogP contribution in [0.25, 0.3) is 16.9 Å². The lowest BCUT2D eigenvalue weighted by molar-refractivity contribution is 0.754. The first-order valence-corrected chi connectivity index (χ1v) is 6.36. The fraction of sp³-hybridized carbons (Fsp3) is 0. The van der Waals surface area contributed by atoms with Gasteiger partial charge in [-0.15, -0.1) is 5.10 Å². The smallest absolute Gasteiger partial charge is 0.114 e. The summed E-state index contributed by atoms with van der Waals surface area (Å²) in [5.41, 5.74) is 2.85. The zero-order valence-electron chi connectivity index (χ0n) is 9.49. The van der Waals surface area contributed by atoms with Crippen molar-refractivity contribution in [3.8, 4) is 16.9 Å². The molecular weight excluding hydrogens is 290 g/mol. The maximum absolute atomic E-state index is 4.49. The monoisotopic (exact) mass is 299 g/mol. The van der Waals surface area contributed by atoms with Crippen LogP contribution in [0.15, 0.2) is 65.3 Å². The lowest BCUT2D eigenvalue weighted by Gasteiger charge is -1.99. The van der Waals surface area contributed by atoms with Crippen LogP contribution < -0.4 is 0 Å². The average Bonchev–Trinajstić information content (AvgIpc) is 2.90. The summed E-state index contributed by atoms with van der Waals surface area (Å²) in [4.78, 5) is 1.63. The lowest BCUT2D eigenvalue weighted by Crippen LogP contribution is -1.97. The lowest BCUT2D eigenvalue weighted by atomic mass is 10.2. The molecule has 18 heavy (non-hydrogen) atoms. The number of halogens is 1. The van der Waals surface area contributed by atoms with Crippen molar-refractivity contribution >= 4 is 15.9 Å². The van der Waals surface area contributed by atoms with Gasteiger partial charge in [0.15, 0.2) is 0 Å². The van der Waals surface area contributed by atoms with E-state index in [0.29, 0.717) is 0 Å². The summed E-state index contributed by atoms with van der Waals surface area (Å²) in [5, 5.41) is 8.78. The van der Waals surface area contributed by atoms with Crippen LogP contribution in [0.2, 0.25) is 0 Å². The van der Waals surface area contributed by atoms with Crippen molar-refractivity contribution in [2.24, 2.45) is 0 Å². The Morgan fingerprint density at radius 2 is 1.61 bits per heavy atom. The maximum atomic E-state index is 4.49. The second kappa shape index (κ2) is 4.74. The molecule has 4 heteroatoms. The first-order chi connectivity index (χ1) is 8.84. The molecule has 0 aliphatic rings. The molecule has 0 aliphatic heterocycles. The average molecular weight is 300 g/mol. The molecule has 0 aliphatic carbocycles. The number of hydrogen-bond donors (Lipinski definition) is 0. The number of nitrogens with zero attached hydrogens (tertiary/aromatic N) is 3. The highest BCUT2D eigenvalue weighted by Gasteiger charge is 2.07. The van der Waals surface area contributed by atoms with E-state index in [4.69, 9.17) is 0 Å². The van der Waals surface area contributed by atoms with Crippen molar-refractivity contribution in [1.29, 1.82) is 0 Å². The molecule has 0 atom stereocenters. The van der Waals surface area contributed by atoms with Crippen LogP contribution in [0.4, 0.5) is 0 Å². The van der Waals surface area contributed by atoms with Gasteiger partial charge in [-0.2, -0.15) is 9.90 Å². The quantitative estimate of drug-likeness (QED) is 0.722. The Bertz CT molecular complexity index is 662. The number of aromatic nitrogens is 3. The van der Waals surface area contributed by atoms with Gasteiger partial charge in [-0.25, -0.2) is 0 Å². The topological polar surface area (TPSA) is 30.7 Å². The minimum absolute atomic E-state index is 0.853. The molecule has 3 aromatic rings. The normalized spacial score (nSPS) is 10.5. The molecule has 0 spiro atoms. The second-order valence-corrected chi connectivity index (χ2v) is 4.69. The molecule has 1 heterocycles. The number of hydrogen-bond acceptors (Lipinski definition) is 2. The van der Waals surface area contributed by atoms with Gasteiger partial charge >= 0.3 is 0 Å². The van der Waals surface area contributed by atoms with Crippen LogP contribution in [-0.2, 0) is 0 Å². The second-order valence-electron chi connectivity index (χ2n) is 3.83. The first kappa shape index (κ1) is 11.2. The van der Waals surface area contributed by atoms with Crippen molar-refractivity contribution in [2.75, 3.05) is 0 Å². The zero-order valence-corrected chi connectivity index (χ0v) is 11.1. The van der Waals surface area contributed by atoms with Gasteiger partial charge in [0.1, 0.15) is 5.69 Å². The van der Waals surface area contributed by atoms with Crippen LogP contribution in [-0.4, -0.2) is 15.0 Å². The Morgan fingerprint density at radius 1 is 0.889 bits per heavy atom. The predicted octanol–water partition coefficient (Wildman–Crippen LogP) is 3.70. The van der Waals surface area contributed by atoms with Crippen LogP contribution in [0.5, 0.6) is 0 Å². The van der Waals surface area contributed by atoms with E-state index in [1.807, 2.05) is 54.6 Å². The van der Waals surface area contributed by atoms with E-state index in [9.17, 15) is 0 Å². The van der Waals surface area contributed by atoms with Crippen molar-refractivity contribution in [2.45, 2.75) is 0 Å². The van der Waals surface area contributed by atoms with Gasteiger partial charge in [0, 0.05) is 10.0 Å². The van der Waals surface area contributed by atoms with E-state index < -0.39 is 0 Å². The SMILES string of the molecule is Brc1ccccc1-c1cnn(-c2ccccc2)n1. The van der Waals surface area contributed by atoms with Gasteiger partial charge in [-0.1, -0.05) is 52.3 Å². The number of para-hydroxylation sites is 1. The molecule has 3 nitrogen and oxygen atoms in total. The third-order valence-electron chi connectivity index (χ3n) is 2.63. The van der Waals surface area contributed by atoms with E-state index >= 15 is 0 Å². The number of benzene rings is 2. The molecular formula is C14H10BrN3. The van der Waals surface area contributed by atoms with Gasteiger partial charge in [-0.3, -0.25) is 0 Å². The molecule has 0 N–H and O–H groups in total. The highest BCUT2D eigenvalue weighted by molar-refractivity contribution is 9.10. The summed E-state index contributed by atoms with van der Waals surface area (Å²) >= 11 is 3.52. The third-order valence-corrected chi connectivity index (χ3v) is 3.32. The minimum atomic E-state index is 0.853. The van der Waals surface area contributed by atoms with Gasteiger partial charge in [0.25, 0.3) is 0 Å². The standard InChI is InChI=1S/C14H10BrN3/c15-13-9-5-4-8-12(13)14-10-16-18(17-14)11-6-2-1-3-7-11/h1-10H. The largest absolute Gasteiger partial charge is 0.156 e. The van der Waals surface area contributed by atoms with E-state index in [-0.39, 0.29) is 0 Å². The Kier molecular flexibility index (Phi) is 2.94. The molecule has 2 aromatic carbocycles. The van der Waals surface area contributed by atoms with Crippen molar-refractivity contribution in [1.82, 2.24) is 15.0 Å². The van der Waals surface area contributed by atoms with Gasteiger partial charge in [-0.05, 0) is 18.2 Å². The Balaban J connectivity index is 2.03. The van der Waals surface area contributed by atoms with Crippen LogP contribution in [0.1, 0.15) is 0 Å². The first-order valence-electron chi connectivity index (χ1n) is 5.57. The molecule has 0 fully saturated rings. The van der Waals surface area contributed by atoms with Crippen LogP contribution >= 0.6 is 15.9 Å². The van der Waals surface area contributed by atoms with E-state index in [2.05, 4.69) is 26.1 Å². The number of rotatable bonds is 2. The summed E-state index contributed by atoms with van der Waals surface area (Å²) < 4.78 is 1.02. The molecule has 0 bridgehead atoms. The zero-order chi connectivity index (χ0) is 12.4. The fourth-order valence-corrected chi connectivity index (χ4v) is 2.23. The summed E-state index contributed by atoms with van der Waals surface area (Å²) in [6.45, 7) is 0. The fourth-order valence-electron chi connectivity index (χ4n) is 1.74. The van der Waals surface area contributed by atoms with E-state index in [1.165, 1.54) is 0 Å². The van der Waals surface area contributed by atoms with E-state index in [1.54, 1.807) is 11.0 Å². The molecule has 0 radical (unpaired) electrons. The summed E-state index contributed by atoms with van der Waals surface area (Å²) in [6, 6.07) is 17.8.